The van der Waals surface area contributed by atoms with Gasteiger partial charge in [0.25, 0.3) is 0 Å². The third-order valence-electron chi connectivity index (χ3n) is 4.25. The quantitative estimate of drug-likeness (QED) is 0.812. The van der Waals surface area contributed by atoms with Crippen LogP contribution >= 0.6 is 0 Å². The largest absolute Gasteiger partial charge is 0.481 e. The van der Waals surface area contributed by atoms with E-state index >= 15 is 0 Å². The Balaban J connectivity index is 2.05. The number of carbonyl (C=O) groups is 1. The first-order chi connectivity index (χ1) is 8.05. The van der Waals surface area contributed by atoms with Crippen LogP contribution < -0.4 is 0 Å². The van der Waals surface area contributed by atoms with Crippen LogP contribution in [0.3, 0.4) is 0 Å². The summed E-state index contributed by atoms with van der Waals surface area (Å²) in [7, 11) is 0. The maximum Gasteiger partial charge on any atom is 0.313 e. The van der Waals surface area contributed by atoms with Crippen LogP contribution in [0, 0.1) is 11.3 Å². The van der Waals surface area contributed by atoms with Crippen molar-refractivity contribution in [2.75, 3.05) is 26.3 Å². The van der Waals surface area contributed by atoms with E-state index in [0.29, 0.717) is 38.1 Å². The maximum absolute atomic E-state index is 11.5. The Morgan fingerprint density at radius 1 is 1.59 bits per heavy atom. The normalized spacial score (nSPS) is 34.6. The molecule has 98 valence electrons. The van der Waals surface area contributed by atoms with Gasteiger partial charge in [-0.3, -0.25) is 9.69 Å². The summed E-state index contributed by atoms with van der Waals surface area (Å²) in [5.41, 5.74) is -0.655. The SMILES string of the molecule is CC(C)C1CCCN1CC1(C(=O)O)CCOC1. The van der Waals surface area contributed by atoms with Crippen molar-refractivity contribution in [1.82, 2.24) is 4.90 Å². The Labute approximate surface area is 103 Å². The first-order valence-corrected chi connectivity index (χ1v) is 6.60. The molecule has 2 aliphatic heterocycles. The molecule has 0 aromatic heterocycles. The molecular weight excluding hydrogens is 218 g/mol. The summed E-state index contributed by atoms with van der Waals surface area (Å²) < 4.78 is 5.32. The zero-order chi connectivity index (χ0) is 12.5. The Morgan fingerprint density at radius 2 is 2.35 bits per heavy atom. The van der Waals surface area contributed by atoms with Crippen LogP contribution in [-0.4, -0.2) is 48.3 Å². The lowest BCUT2D eigenvalue weighted by molar-refractivity contribution is -0.150. The average Bonchev–Trinajstić information content (AvgIpc) is 2.87. The van der Waals surface area contributed by atoms with Crippen molar-refractivity contribution in [1.29, 1.82) is 0 Å². The molecule has 0 radical (unpaired) electrons. The minimum atomic E-state index is -0.690. The average molecular weight is 241 g/mol. The maximum atomic E-state index is 11.5. The van der Waals surface area contributed by atoms with Crippen molar-refractivity contribution in [3.63, 3.8) is 0 Å². The Bertz CT molecular complexity index is 284. The van der Waals surface area contributed by atoms with Crippen LogP contribution in [0.4, 0.5) is 0 Å². The smallest absolute Gasteiger partial charge is 0.313 e. The van der Waals surface area contributed by atoms with Crippen molar-refractivity contribution >= 4 is 5.97 Å². The van der Waals surface area contributed by atoms with E-state index in [4.69, 9.17) is 4.74 Å². The molecule has 2 fully saturated rings. The van der Waals surface area contributed by atoms with Gasteiger partial charge in [-0.15, -0.1) is 0 Å². The van der Waals surface area contributed by atoms with Crippen molar-refractivity contribution in [2.24, 2.45) is 11.3 Å². The van der Waals surface area contributed by atoms with Crippen molar-refractivity contribution in [2.45, 2.75) is 39.2 Å². The van der Waals surface area contributed by atoms with Gasteiger partial charge < -0.3 is 9.84 Å². The van der Waals surface area contributed by atoms with Gasteiger partial charge in [-0.2, -0.15) is 0 Å². The van der Waals surface area contributed by atoms with Crippen LogP contribution in [-0.2, 0) is 9.53 Å². The summed E-state index contributed by atoms with van der Waals surface area (Å²) in [5, 5.41) is 9.44. The van der Waals surface area contributed by atoms with Crippen molar-refractivity contribution < 1.29 is 14.6 Å². The first-order valence-electron chi connectivity index (χ1n) is 6.60. The van der Waals surface area contributed by atoms with Gasteiger partial charge in [-0.25, -0.2) is 0 Å². The van der Waals surface area contributed by atoms with E-state index in [2.05, 4.69) is 18.7 Å². The number of hydrogen-bond donors (Lipinski definition) is 1. The number of carboxylic acids is 1. The van der Waals surface area contributed by atoms with Gasteiger partial charge in [0.2, 0.25) is 0 Å². The zero-order valence-corrected chi connectivity index (χ0v) is 10.8. The minimum absolute atomic E-state index is 0.379. The molecule has 0 aromatic rings. The molecule has 2 aliphatic rings. The predicted molar refractivity (Wildman–Crippen MR) is 64.9 cm³/mol. The van der Waals surface area contributed by atoms with Crippen LogP contribution in [0.2, 0.25) is 0 Å². The van der Waals surface area contributed by atoms with E-state index in [1.807, 2.05) is 0 Å². The molecule has 1 N–H and O–H groups in total. The van der Waals surface area contributed by atoms with Crippen molar-refractivity contribution in [3.8, 4) is 0 Å². The van der Waals surface area contributed by atoms with E-state index in [0.717, 1.165) is 6.54 Å². The highest BCUT2D eigenvalue weighted by molar-refractivity contribution is 5.75. The van der Waals surface area contributed by atoms with Gasteiger partial charge in [-0.1, -0.05) is 13.8 Å². The third-order valence-corrected chi connectivity index (χ3v) is 4.25. The number of hydrogen-bond acceptors (Lipinski definition) is 3. The fourth-order valence-corrected chi connectivity index (χ4v) is 3.16. The lowest BCUT2D eigenvalue weighted by Gasteiger charge is -2.34. The number of aliphatic carboxylic acids is 1. The van der Waals surface area contributed by atoms with Gasteiger partial charge in [0.15, 0.2) is 0 Å². The number of carboxylic acid groups (broad SMARTS) is 1. The molecule has 2 atom stereocenters. The molecule has 2 heterocycles. The van der Waals surface area contributed by atoms with Crippen molar-refractivity contribution in [3.05, 3.63) is 0 Å². The van der Waals surface area contributed by atoms with E-state index in [1.165, 1.54) is 12.8 Å². The molecule has 2 saturated heterocycles. The summed E-state index contributed by atoms with van der Waals surface area (Å²) in [6, 6.07) is 0.548. The molecule has 2 unspecified atom stereocenters. The number of ether oxygens (including phenoxy) is 1. The number of nitrogens with zero attached hydrogens (tertiary/aromatic N) is 1. The molecule has 0 amide bonds. The minimum Gasteiger partial charge on any atom is -0.481 e. The van der Waals surface area contributed by atoms with Gasteiger partial charge in [0.1, 0.15) is 5.41 Å². The summed E-state index contributed by atoms with van der Waals surface area (Å²) in [4.78, 5) is 13.8. The molecule has 0 aliphatic carbocycles. The van der Waals surface area contributed by atoms with Crippen LogP contribution in [0.5, 0.6) is 0 Å². The monoisotopic (exact) mass is 241 g/mol. The molecule has 0 spiro atoms. The van der Waals surface area contributed by atoms with Gasteiger partial charge >= 0.3 is 5.97 Å². The topological polar surface area (TPSA) is 49.8 Å². The molecule has 0 bridgehead atoms. The molecule has 2 rings (SSSR count). The lowest BCUT2D eigenvalue weighted by atomic mass is 9.86. The van der Waals surface area contributed by atoms with Gasteiger partial charge in [0, 0.05) is 19.2 Å². The Hall–Kier alpha value is -0.610. The van der Waals surface area contributed by atoms with Crippen LogP contribution in [0.15, 0.2) is 0 Å². The molecule has 0 saturated carbocycles. The fourth-order valence-electron chi connectivity index (χ4n) is 3.16. The Morgan fingerprint density at radius 3 is 2.88 bits per heavy atom. The summed E-state index contributed by atoms with van der Waals surface area (Å²) >= 11 is 0. The lowest BCUT2D eigenvalue weighted by Crippen LogP contribution is -2.46. The Kier molecular flexibility index (Phi) is 3.73. The molecule has 17 heavy (non-hydrogen) atoms. The highest BCUT2D eigenvalue weighted by Gasteiger charge is 2.45. The second-order valence-electron chi connectivity index (χ2n) is 5.81. The standard InChI is InChI=1S/C13H23NO3/c1-10(2)11-4-3-6-14(11)8-13(12(15)16)5-7-17-9-13/h10-11H,3-9H2,1-2H3,(H,15,16). The molecule has 0 aromatic carbocycles. The van der Waals surface area contributed by atoms with Crippen LogP contribution in [0.1, 0.15) is 33.1 Å². The number of rotatable bonds is 4. The number of likely N-dealkylation sites (tertiary alicyclic amines) is 1. The second-order valence-corrected chi connectivity index (χ2v) is 5.81. The van der Waals surface area contributed by atoms with E-state index in [1.54, 1.807) is 0 Å². The van der Waals surface area contributed by atoms with Crippen LogP contribution in [0.25, 0.3) is 0 Å². The summed E-state index contributed by atoms with van der Waals surface area (Å²) in [6.45, 7) is 7.11. The summed E-state index contributed by atoms with van der Waals surface area (Å²) in [6.07, 6.45) is 3.05. The predicted octanol–water partition coefficient (Wildman–Crippen LogP) is 1.60. The fraction of sp³-hybridized carbons (Fsp3) is 0.923. The third kappa shape index (κ3) is 2.47. The molecular formula is C13H23NO3. The van der Waals surface area contributed by atoms with Gasteiger partial charge in [0.05, 0.1) is 6.61 Å². The zero-order valence-electron chi connectivity index (χ0n) is 10.8. The first kappa shape index (κ1) is 12.8. The van der Waals surface area contributed by atoms with E-state index in [-0.39, 0.29) is 0 Å². The molecule has 4 heteroatoms. The highest BCUT2D eigenvalue weighted by atomic mass is 16.5. The van der Waals surface area contributed by atoms with E-state index in [9.17, 15) is 9.90 Å². The van der Waals surface area contributed by atoms with Gasteiger partial charge in [-0.05, 0) is 31.7 Å². The highest BCUT2D eigenvalue weighted by Crippen LogP contribution is 2.34. The summed E-state index contributed by atoms with van der Waals surface area (Å²) in [5.74, 6) is -0.0879. The van der Waals surface area contributed by atoms with E-state index < -0.39 is 11.4 Å². The second kappa shape index (κ2) is 4.94. The molecule has 4 nitrogen and oxygen atoms in total.